The third-order valence-electron chi connectivity index (χ3n) is 5.25. The zero-order chi connectivity index (χ0) is 22.3. The Balaban J connectivity index is 1.75. The SMILES string of the molecule is Cc1ccc(-n2c(C)cc(C=C3C(=O)NC(=S)N(c4ccc(Br)cc4)C3=O)c2C)cc1. The zero-order valence-electron chi connectivity index (χ0n) is 17.3. The predicted octanol–water partition coefficient (Wildman–Crippen LogP) is 5.00. The molecule has 1 fully saturated rings. The lowest BCUT2D eigenvalue weighted by molar-refractivity contribution is -0.122. The van der Waals surface area contributed by atoms with Gasteiger partial charge < -0.3 is 4.57 Å². The van der Waals surface area contributed by atoms with E-state index in [1.165, 1.54) is 10.5 Å². The molecule has 2 aromatic carbocycles. The first-order chi connectivity index (χ1) is 14.8. The summed E-state index contributed by atoms with van der Waals surface area (Å²) in [5.41, 5.74) is 5.61. The lowest BCUT2D eigenvalue weighted by Crippen LogP contribution is -2.54. The summed E-state index contributed by atoms with van der Waals surface area (Å²) in [6.45, 7) is 6.02. The summed E-state index contributed by atoms with van der Waals surface area (Å²) in [4.78, 5) is 27.2. The molecule has 2 amide bonds. The van der Waals surface area contributed by atoms with Crippen LogP contribution in [0.1, 0.15) is 22.5 Å². The van der Waals surface area contributed by atoms with Gasteiger partial charge in [-0.15, -0.1) is 0 Å². The van der Waals surface area contributed by atoms with Crippen LogP contribution < -0.4 is 10.2 Å². The first kappa shape index (κ1) is 21.2. The summed E-state index contributed by atoms with van der Waals surface area (Å²) in [7, 11) is 0. The van der Waals surface area contributed by atoms with Gasteiger partial charge >= 0.3 is 0 Å². The molecule has 1 aromatic heterocycles. The molecule has 0 unspecified atom stereocenters. The molecule has 1 N–H and O–H groups in total. The minimum Gasteiger partial charge on any atom is -0.318 e. The van der Waals surface area contributed by atoms with Crippen molar-refractivity contribution in [1.82, 2.24) is 9.88 Å². The molecule has 5 nitrogen and oxygen atoms in total. The van der Waals surface area contributed by atoms with Gasteiger partial charge in [-0.05, 0) is 87.1 Å². The van der Waals surface area contributed by atoms with Crippen LogP contribution in [0.4, 0.5) is 5.69 Å². The molecule has 1 aliphatic rings. The molecule has 4 rings (SSSR count). The average Bonchev–Trinajstić information content (AvgIpc) is 3.00. The topological polar surface area (TPSA) is 54.3 Å². The van der Waals surface area contributed by atoms with Crippen LogP contribution in [-0.2, 0) is 9.59 Å². The Morgan fingerprint density at radius 3 is 2.19 bits per heavy atom. The van der Waals surface area contributed by atoms with Crippen LogP contribution >= 0.6 is 28.1 Å². The summed E-state index contributed by atoms with van der Waals surface area (Å²) in [6, 6.07) is 17.4. The number of carbonyl (C=O) groups excluding carboxylic acids is 2. The standard InChI is InChI=1S/C24H20BrN3O2S/c1-14-4-8-19(9-5-14)27-15(2)12-17(16(27)3)13-21-22(29)26-24(31)28(23(21)30)20-10-6-18(25)7-11-20/h4-13H,1-3H3,(H,26,29,31). The summed E-state index contributed by atoms with van der Waals surface area (Å²) in [6.07, 6.45) is 1.64. The molecule has 7 heteroatoms. The molecule has 0 bridgehead atoms. The van der Waals surface area contributed by atoms with Crippen LogP contribution in [-0.4, -0.2) is 21.5 Å². The van der Waals surface area contributed by atoms with Crippen molar-refractivity contribution in [2.45, 2.75) is 20.8 Å². The van der Waals surface area contributed by atoms with Gasteiger partial charge in [0.15, 0.2) is 5.11 Å². The number of aromatic nitrogens is 1. The van der Waals surface area contributed by atoms with Gasteiger partial charge in [-0.1, -0.05) is 33.6 Å². The number of nitrogens with one attached hydrogen (secondary N) is 1. The Bertz CT molecular complexity index is 1240. The van der Waals surface area contributed by atoms with E-state index in [0.29, 0.717) is 5.69 Å². The number of thiocarbonyl (C=S) groups is 1. The minimum atomic E-state index is -0.497. The van der Waals surface area contributed by atoms with E-state index in [9.17, 15) is 9.59 Å². The van der Waals surface area contributed by atoms with E-state index >= 15 is 0 Å². The number of benzene rings is 2. The van der Waals surface area contributed by atoms with E-state index in [-0.39, 0.29) is 10.7 Å². The van der Waals surface area contributed by atoms with Crippen LogP contribution in [0.25, 0.3) is 11.8 Å². The highest BCUT2D eigenvalue weighted by Crippen LogP contribution is 2.27. The lowest BCUT2D eigenvalue weighted by atomic mass is 10.1. The normalized spacial score (nSPS) is 15.5. The van der Waals surface area contributed by atoms with E-state index < -0.39 is 11.8 Å². The van der Waals surface area contributed by atoms with E-state index in [2.05, 4.69) is 50.1 Å². The fraction of sp³-hybridized carbons (Fsp3) is 0.125. The highest BCUT2D eigenvalue weighted by atomic mass is 79.9. The number of anilines is 1. The van der Waals surface area contributed by atoms with Crippen LogP contribution in [0.2, 0.25) is 0 Å². The van der Waals surface area contributed by atoms with Gasteiger partial charge in [0.05, 0.1) is 5.69 Å². The van der Waals surface area contributed by atoms with Crippen LogP contribution in [0, 0.1) is 20.8 Å². The predicted molar refractivity (Wildman–Crippen MR) is 130 cm³/mol. The van der Waals surface area contributed by atoms with Crippen LogP contribution in [0.3, 0.4) is 0 Å². The molecule has 1 saturated heterocycles. The average molecular weight is 494 g/mol. The second kappa shape index (κ2) is 8.24. The molecule has 0 saturated carbocycles. The first-order valence-corrected chi connectivity index (χ1v) is 10.9. The third kappa shape index (κ3) is 3.98. The maximum absolute atomic E-state index is 13.2. The number of carbonyl (C=O) groups is 2. The van der Waals surface area contributed by atoms with E-state index in [1.807, 2.05) is 39.0 Å². The maximum atomic E-state index is 13.2. The quantitative estimate of drug-likeness (QED) is 0.317. The molecule has 156 valence electrons. The summed E-state index contributed by atoms with van der Waals surface area (Å²) >= 11 is 8.65. The number of amides is 2. The minimum absolute atomic E-state index is 0.0423. The van der Waals surface area contributed by atoms with Crippen LogP contribution in [0.5, 0.6) is 0 Å². The number of hydrogen-bond acceptors (Lipinski definition) is 3. The van der Waals surface area contributed by atoms with Gasteiger partial charge in [-0.3, -0.25) is 19.8 Å². The number of nitrogens with zero attached hydrogens (tertiary/aromatic N) is 2. The molecule has 31 heavy (non-hydrogen) atoms. The summed E-state index contributed by atoms with van der Waals surface area (Å²) in [5, 5.41) is 2.70. The number of aryl methyl sites for hydroxylation is 2. The highest BCUT2D eigenvalue weighted by Gasteiger charge is 2.34. The second-order valence-electron chi connectivity index (χ2n) is 7.43. The highest BCUT2D eigenvalue weighted by molar-refractivity contribution is 9.10. The smallest absolute Gasteiger partial charge is 0.270 e. The van der Waals surface area contributed by atoms with Crippen molar-refractivity contribution >= 4 is 56.8 Å². The van der Waals surface area contributed by atoms with Gasteiger partial charge in [0, 0.05) is 21.5 Å². The Morgan fingerprint density at radius 2 is 1.55 bits per heavy atom. The van der Waals surface area contributed by atoms with Crippen molar-refractivity contribution in [2.75, 3.05) is 4.90 Å². The molecule has 3 aromatic rings. The Kier molecular flexibility index (Phi) is 5.64. The fourth-order valence-corrected chi connectivity index (χ4v) is 4.21. The van der Waals surface area contributed by atoms with Crippen molar-refractivity contribution < 1.29 is 9.59 Å². The largest absolute Gasteiger partial charge is 0.318 e. The number of rotatable bonds is 3. The van der Waals surface area contributed by atoms with Gasteiger partial charge in [0.1, 0.15) is 5.57 Å². The van der Waals surface area contributed by atoms with Crippen molar-refractivity contribution in [1.29, 1.82) is 0 Å². The van der Waals surface area contributed by atoms with Crippen molar-refractivity contribution in [3.8, 4) is 5.69 Å². The number of hydrogen-bond donors (Lipinski definition) is 1. The molecular weight excluding hydrogens is 474 g/mol. The molecule has 0 aliphatic carbocycles. The molecule has 0 spiro atoms. The molecule has 2 heterocycles. The van der Waals surface area contributed by atoms with E-state index in [0.717, 1.165) is 27.1 Å². The summed E-state index contributed by atoms with van der Waals surface area (Å²) < 4.78 is 2.99. The summed E-state index contributed by atoms with van der Waals surface area (Å²) in [5.74, 6) is -0.945. The molecule has 1 aliphatic heterocycles. The lowest BCUT2D eigenvalue weighted by Gasteiger charge is -2.29. The Hall–Kier alpha value is -3.03. The van der Waals surface area contributed by atoms with E-state index in [1.54, 1.807) is 18.2 Å². The first-order valence-electron chi connectivity index (χ1n) is 9.69. The van der Waals surface area contributed by atoms with Gasteiger partial charge in [-0.25, -0.2) is 0 Å². The number of halogens is 1. The fourth-order valence-electron chi connectivity index (χ4n) is 3.66. The Morgan fingerprint density at radius 1 is 0.935 bits per heavy atom. The van der Waals surface area contributed by atoms with E-state index in [4.69, 9.17) is 12.2 Å². The van der Waals surface area contributed by atoms with Crippen molar-refractivity contribution in [2.24, 2.45) is 0 Å². The molecular formula is C24H20BrN3O2S. The third-order valence-corrected chi connectivity index (χ3v) is 6.06. The zero-order valence-corrected chi connectivity index (χ0v) is 19.7. The van der Waals surface area contributed by atoms with Gasteiger partial charge in [-0.2, -0.15) is 0 Å². The molecule has 0 atom stereocenters. The maximum Gasteiger partial charge on any atom is 0.270 e. The van der Waals surface area contributed by atoms with Crippen molar-refractivity contribution in [3.05, 3.63) is 87.2 Å². The monoisotopic (exact) mass is 493 g/mol. The van der Waals surface area contributed by atoms with Crippen LogP contribution in [0.15, 0.2) is 64.6 Å². The Labute approximate surface area is 194 Å². The van der Waals surface area contributed by atoms with Gasteiger partial charge in [0.2, 0.25) is 0 Å². The molecule has 0 radical (unpaired) electrons. The van der Waals surface area contributed by atoms with Gasteiger partial charge in [0.25, 0.3) is 11.8 Å². The second-order valence-corrected chi connectivity index (χ2v) is 8.73. The van der Waals surface area contributed by atoms with Crippen molar-refractivity contribution in [3.63, 3.8) is 0 Å².